The van der Waals surface area contributed by atoms with Gasteiger partial charge in [-0.15, -0.1) is 0 Å². The molecule has 1 fully saturated rings. The highest BCUT2D eigenvalue weighted by atomic mass is 16.5. The zero-order valence-corrected chi connectivity index (χ0v) is 20.7. The molecule has 35 heavy (non-hydrogen) atoms. The second kappa shape index (κ2) is 9.29. The molecule has 0 spiro atoms. The van der Waals surface area contributed by atoms with Crippen LogP contribution in [0.4, 0.5) is 0 Å². The van der Waals surface area contributed by atoms with Crippen LogP contribution in [0.25, 0.3) is 10.9 Å². The van der Waals surface area contributed by atoms with Crippen molar-refractivity contribution < 1.29 is 19.1 Å². The van der Waals surface area contributed by atoms with Crippen molar-refractivity contribution in [2.24, 2.45) is 0 Å². The number of nitrogens with one attached hydrogen (secondary N) is 1. The van der Waals surface area contributed by atoms with Gasteiger partial charge in [-0.25, -0.2) is 0 Å². The maximum absolute atomic E-state index is 13.9. The number of amides is 2. The van der Waals surface area contributed by atoms with Gasteiger partial charge >= 0.3 is 0 Å². The van der Waals surface area contributed by atoms with E-state index in [0.717, 1.165) is 42.1 Å². The average Bonchev–Trinajstić information content (AvgIpc) is 3.51. The highest BCUT2D eigenvalue weighted by Crippen LogP contribution is 2.34. The Morgan fingerprint density at radius 2 is 1.80 bits per heavy atom. The van der Waals surface area contributed by atoms with Crippen LogP contribution < -0.4 is 14.8 Å². The number of carbonyl (C=O) groups excluding carboxylic acids is 2. The van der Waals surface area contributed by atoms with E-state index in [1.54, 1.807) is 19.1 Å². The van der Waals surface area contributed by atoms with Gasteiger partial charge in [0.25, 0.3) is 5.91 Å². The summed E-state index contributed by atoms with van der Waals surface area (Å²) in [5.74, 6) is 1.12. The molecule has 1 N–H and O–H groups in total. The Bertz CT molecular complexity index is 1260. The first-order chi connectivity index (χ1) is 16.9. The highest BCUT2D eigenvalue weighted by molar-refractivity contribution is 6.03. The van der Waals surface area contributed by atoms with Gasteiger partial charge in [0.05, 0.1) is 20.8 Å². The lowest BCUT2D eigenvalue weighted by molar-refractivity contribution is -0.133. The molecule has 2 amide bonds. The topological polar surface area (TPSA) is 72.8 Å². The van der Waals surface area contributed by atoms with E-state index in [4.69, 9.17) is 9.47 Å². The molecule has 184 valence electrons. The summed E-state index contributed by atoms with van der Waals surface area (Å²) in [6.45, 7) is 2.75. The predicted octanol–water partition coefficient (Wildman–Crippen LogP) is 4.17. The van der Waals surface area contributed by atoms with E-state index in [1.165, 1.54) is 0 Å². The number of hydrogen-bond acceptors (Lipinski definition) is 4. The lowest BCUT2D eigenvalue weighted by atomic mass is 9.93. The third-order valence-electron chi connectivity index (χ3n) is 7.59. The summed E-state index contributed by atoms with van der Waals surface area (Å²) in [6, 6.07) is 15.9. The quantitative estimate of drug-likeness (QED) is 0.557. The minimum atomic E-state index is -0.995. The molecule has 0 bridgehead atoms. The van der Waals surface area contributed by atoms with Crippen molar-refractivity contribution in [3.05, 3.63) is 59.8 Å². The summed E-state index contributed by atoms with van der Waals surface area (Å²) in [6.07, 6.45) is 4.86. The van der Waals surface area contributed by atoms with Crippen molar-refractivity contribution in [2.75, 3.05) is 20.8 Å². The third kappa shape index (κ3) is 4.13. The molecule has 7 heteroatoms. The molecular weight excluding hydrogens is 442 g/mol. The van der Waals surface area contributed by atoms with Crippen molar-refractivity contribution in [1.29, 1.82) is 0 Å². The van der Waals surface area contributed by atoms with Gasteiger partial charge in [-0.3, -0.25) is 9.59 Å². The van der Waals surface area contributed by atoms with Crippen LogP contribution in [0.5, 0.6) is 11.5 Å². The van der Waals surface area contributed by atoms with E-state index >= 15 is 0 Å². The van der Waals surface area contributed by atoms with Crippen LogP contribution >= 0.6 is 0 Å². The van der Waals surface area contributed by atoms with Crippen molar-refractivity contribution in [1.82, 2.24) is 14.8 Å². The van der Waals surface area contributed by atoms with Crippen molar-refractivity contribution in [3.63, 3.8) is 0 Å². The zero-order valence-electron chi connectivity index (χ0n) is 20.7. The van der Waals surface area contributed by atoms with Gasteiger partial charge in [-0.05, 0) is 56.0 Å². The van der Waals surface area contributed by atoms with Crippen LogP contribution in [0, 0.1) is 0 Å². The second-order valence-electron chi connectivity index (χ2n) is 9.80. The number of nitrogens with zero attached hydrogens (tertiary/aromatic N) is 2. The molecule has 2 aliphatic rings. The second-order valence-corrected chi connectivity index (χ2v) is 9.80. The maximum Gasteiger partial charge on any atom is 0.271 e. The number of aromatic nitrogens is 1. The predicted molar refractivity (Wildman–Crippen MR) is 135 cm³/mol. The van der Waals surface area contributed by atoms with Crippen LogP contribution in [0.3, 0.4) is 0 Å². The molecule has 7 nitrogen and oxygen atoms in total. The molecule has 0 radical (unpaired) electrons. The summed E-state index contributed by atoms with van der Waals surface area (Å²) < 4.78 is 12.8. The first-order valence-corrected chi connectivity index (χ1v) is 12.4. The van der Waals surface area contributed by atoms with E-state index in [-0.39, 0.29) is 17.9 Å². The van der Waals surface area contributed by atoms with Gasteiger partial charge in [-0.2, -0.15) is 0 Å². The van der Waals surface area contributed by atoms with Crippen molar-refractivity contribution in [2.45, 2.75) is 57.2 Å². The van der Waals surface area contributed by atoms with E-state index < -0.39 is 5.54 Å². The Labute approximate surface area is 206 Å². The Balaban J connectivity index is 1.48. The molecule has 1 saturated carbocycles. The molecule has 5 rings (SSSR count). The Morgan fingerprint density at radius 3 is 2.54 bits per heavy atom. The van der Waals surface area contributed by atoms with Gasteiger partial charge in [0.15, 0.2) is 11.5 Å². The van der Waals surface area contributed by atoms with Crippen LogP contribution in [0.15, 0.2) is 48.5 Å². The summed E-state index contributed by atoms with van der Waals surface area (Å²) in [4.78, 5) is 29.4. The smallest absolute Gasteiger partial charge is 0.271 e. The van der Waals surface area contributed by atoms with Crippen LogP contribution in [0.2, 0.25) is 0 Å². The Kier molecular flexibility index (Phi) is 6.17. The lowest BCUT2D eigenvalue weighted by Gasteiger charge is -2.44. The molecule has 1 aliphatic carbocycles. The summed E-state index contributed by atoms with van der Waals surface area (Å²) >= 11 is 0. The molecule has 1 atom stereocenters. The first-order valence-electron chi connectivity index (χ1n) is 12.4. The largest absolute Gasteiger partial charge is 0.493 e. The molecule has 0 unspecified atom stereocenters. The normalized spacial score (nSPS) is 20.2. The molecule has 1 aliphatic heterocycles. The molecule has 1 aromatic heterocycles. The van der Waals surface area contributed by atoms with Gasteiger partial charge in [-0.1, -0.05) is 37.1 Å². The van der Waals surface area contributed by atoms with Crippen LogP contribution in [-0.2, 0) is 17.8 Å². The lowest BCUT2D eigenvalue weighted by Crippen LogP contribution is -2.65. The SMILES string of the molecule is COc1ccc(CCN2C(=O)c3cc4ccccc4n3C[C@@]2(C)C(=O)NC2CCCC2)cc1OC. The van der Waals surface area contributed by atoms with E-state index in [9.17, 15) is 9.59 Å². The van der Waals surface area contributed by atoms with Crippen LogP contribution in [-0.4, -0.2) is 53.6 Å². The number of rotatable bonds is 7. The van der Waals surface area contributed by atoms with Crippen molar-refractivity contribution >= 4 is 22.7 Å². The number of carbonyl (C=O) groups is 2. The fraction of sp³-hybridized carbons (Fsp3) is 0.429. The van der Waals surface area contributed by atoms with Gasteiger partial charge in [0, 0.05) is 23.5 Å². The third-order valence-corrected chi connectivity index (χ3v) is 7.59. The number of fused-ring (bicyclic) bond motifs is 3. The molecule has 2 heterocycles. The standard InChI is InChI=1S/C28H33N3O4/c1-28(27(33)29-21-9-5-6-10-21)18-30-22-11-7-4-8-20(22)17-23(30)26(32)31(28)15-14-19-12-13-24(34-2)25(16-19)35-3/h4,7-8,11-13,16-17,21H,5-6,9-10,14-15,18H2,1-3H3,(H,29,33)/t28-/m0/s1. The highest BCUT2D eigenvalue weighted by Gasteiger charge is 2.48. The maximum atomic E-state index is 13.9. The summed E-state index contributed by atoms with van der Waals surface area (Å²) in [5, 5.41) is 4.27. The molecule has 0 saturated heterocycles. The average molecular weight is 476 g/mol. The van der Waals surface area contributed by atoms with E-state index in [2.05, 4.69) is 5.32 Å². The Hall–Kier alpha value is -3.48. The van der Waals surface area contributed by atoms with E-state index in [0.29, 0.717) is 36.7 Å². The monoisotopic (exact) mass is 475 g/mol. The Morgan fingerprint density at radius 1 is 1.06 bits per heavy atom. The minimum Gasteiger partial charge on any atom is -0.493 e. The summed E-state index contributed by atoms with van der Waals surface area (Å²) in [5.41, 5.74) is 1.63. The number of hydrogen-bond donors (Lipinski definition) is 1. The van der Waals surface area contributed by atoms with Gasteiger partial charge < -0.3 is 24.3 Å². The molecule has 2 aromatic carbocycles. The van der Waals surface area contributed by atoms with Crippen molar-refractivity contribution in [3.8, 4) is 11.5 Å². The molecular formula is C28H33N3O4. The number of ether oxygens (including phenoxy) is 2. The number of methoxy groups -OCH3 is 2. The van der Waals surface area contributed by atoms with E-state index in [1.807, 2.05) is 60.0 Å². The molecule has 3 aromatic rings. The van der Waals surface area contributed by atoms with Gasteiger partial charge in [0.1, 0.15) is 11.2 Å². The first kappa shape index (κ1) is 23.3. The van der Waals surface area contributed by atoms with Gasteiger partial charge in [0.2, 0.25) is 5.91 Å². The fourth-order valence-corrected chi connectivity index (χ4v) is 5.54. The van der Waals surface area contributed by atoms with Crippen LogP contribution in [0.1, 0.15) is 48.7 Å². The number of para-hydroxylation sites is 1. The number of benzene rings is 2. The zero-order chi connectivity index (χ0) is 24.6. The summed E-state index contributed by atoms with van der Waals surface area (Å²) in [7, 11) is 3.22. The fourth-order valence-electron chi connectivity index (χ4n) is 5.54. The minimum absolute atomic E-state index is 0.0755.